The topological polar surface area (TPSA) is 72.9 Å². The Morgan fingerprint density at radius 3 is 1.34 bits per heavy atom. The first-order valence-electron chi connectivity index (χ1n) is 13.4. The van der Waals surface area contributed by atoms with Gasteiger partial charge in [0.2, 0.25) is 0 Å². The number of ether oxygens (including phenoxy) is 1. The van der Waals surface area contributed by atoms with E-state index in [-0.39, 0.29) is 19.4 Å². The average Bonchev–Trinajstić information content (AvgIpc) is 3.09. The first-order valence-corrected chi connectivity index (χ1v) is 13.4. The molecule has 0 aromatic rings. The van der Waals surface area contributed by atoms with E-state index in [4.69, 9.17) is 4.74 Å². The molecule has 0 aromatic carbocycles. The summed E-state index contributed by atoms with van der Waals surface area (Å²) < 4.78 is 4.93. The zero-order chi connectivity index (χ0) is 23.3. The van der Waals surface area contributed by atoms with Gasteiger partial charge in [-0.3, -0.25) is 14.4 Å². The predicted octanol–water partition coefficient (Wildman–Crippen LogP) is 7.64. The molecule has 0 unspecified atom stereocenters. The van der Waals surface area contributed by atoms with Crippen LogP contribution in [0, 0.1) is 0 Å². The van der Waals surface area contributed by atoms with Crippen molar-refractivity contribution in [3.8, 4) is 0 Å². The molecule has 6 heteroatoms. The number of unbranched alkanes of at least 4 members (excludes halogenated alkanes) is 18. The smallest absolute Gasteiger partial charge is 0.433 e. The van der Waals surface area contributed by atoms with Crippen molar-refractivity contribution in [2.24, 2.45) is 0 Å². The van der Waals surface area contributed by atoms with Crippen LogP contribution in [0.1, 0.15) is 142 Å². The summed E-state index contributed by atoms with van der Waals surface area (Å²) in [5.41, 5.74) is 0. The fourth-order valence-electron chi connectivity index (χ4n) is 4.09. The van der Waals surface area contributed by atoms with Crippen LogP contribution in [0.2, 0.25) is 0 Å². The predicted molar refractivity (Wildman–Crippen MR) is 127 cm³/mol. The van der Waals surface area contributed by atoms with Crippen LogP contribution in [0.3, 0.4) is 0 Å². The van der Waals surface area contributed by atoms with Crippen LogP contribution in [-0.2, 0) is 19.2 Å². The molecule has 2 amide bonds. The first-order chi connectivity index (χ1) is 15.6. The Bertz CT molecular complexity index is 492. The van der Waals surface area contributed by atoms with E-state index in [0.29, 0.717) is 5.06 Å². The maximum Gasteiger partial charge on any atom is 0.533 e. The van der Waals surface area contributed by atoms with Crippen LogP contribution >= 0.6 is 0 Å². The molecule has 0 saturated carbocycles. The second-order valence-corrected chi connectivity index (χ2v) is 9.14. The van der Waals surface area contributed by atoms with Crippen molar-refractivity contribution >= 4 is 18.0 Å². The molecule has 1 rings (SSSR count). The van der Waals surface area contributed by atoms with E-state index < -0.39 is 18.0 Å². The molecule has 0 atom stereocenters. The monoisotopic (exact) mass is 453 g/mol. The van der Waals surface area contributed by atoms with Gasteiger partial charge in [0.05, 0.1) is 6.61 Å². The lowest BCUT2D eigenvalue weighted by Gasteiger charge is -2.12. The summed E-state index contributed by atoms with van der Waals surface area (Å²) in [7, 11) is 0. The summed E-state index contributed by atoms with van der Waals surface area (Å²) >= 11 is 0. The zero-order valence-electron chi connectivity index (χ0n) is 20.5. The Morgan fingerprint density at radius 1 is 0.625 bits per heavy atom. The molecule has 0 bridgehead atoms. The van der Waals surface area contributed by atoms with E-state index in [0.717, 1.165) is 19.3 Å². The van der Waals surface area contributed by atoms with Gasteiger partial charge in [-0.15, -0.1) is 0 Å². The van der Waals surface area contributed by atoms with Crippen LogP contribution in [0.15, 0.2) is 0 Å². The summed E-state index contributed by atoms with van der Waals surface area (Å²) in [5, 5.41) is 0.513. The minimum absolute atomic E-state index is 0.0887. The Balaban J connectivity index is 1.74. The Labute approximate surface area is 195 Å². The van der Waals surface area contributed by atoms with Gasteiger partial charge in [-0.05, 0) is 6.42 Å². The highest BCUT2D eigenvalue weighted by atomic mass is 16.8. The van der Waals surface area contributed by atoms with E-state index in [2.05, 4.69) is 11.8 Å². The largest absolute Gasteiger partial charge is 0.533 e. The Hall–Kier alpha value is -1.59. The van der Waals surface area contributed by atoms with Crippen molar-refractivity contribution < 1.29 is 24.0 Å². The number of hydroxylamine groups is 2. The lowest BCUT2D eigenvalue weighted by atomic mass is 10.0. The molecule has 0 N–H and O–H groups in total. The SMILES string of the molecule is CCCCCCCCCCCCCCCCCCCCCOC(=O)ON1C(=O)CCC1=O. The third-order valence-corrected chi connectivity index (χ3v) is 6.14. The highest BCUT2D eigenvalue weighted by Crippen LogP contribution is 2.15. The number of carbonyl (C=O) groups is 3. The van der Waals surface area contributed by atoms with Gasteiger partial charge in [0.15, 0.2) is 0 Å². The molecule has 1 fully saturated rings. The van der Waals surface area contributed by atoms with Gasteiger partial charge in [-0.25, -0.2) is 4.79 Å². The first kappa shape index (κ1) is 28.4. The lowest BCUT2D eigenvalue weighted by Crippen LogP contribution is -2.32. The molecular formula is C26H47NO5. The third-order valence-electron chi connectivity index (χ3n) is 6.14. The minimum atomic E-state index is -0.976. The minimum Gasteiger partial charge on any atom is -0.433 e. The van der Waals surface area contributed by atoms with Crippen LogP contribution in [-0.4, -0.2) is 29.6 Å². The van der Waals surface area contributed by atoms with Crippen molar-refractivity contribution in [2.45, 2.75) is 142 Å². The summed E-state index contributed by atoms with van der Waals surface area (Å²) in [6.45, 7) is 2.53. The highest BCUT2D eigenvalue weighted by molar-refractivity contribution is 6.01. The number of rotatable bonds is 21. The molecule has 0 radical (unpaired) electrons. The van der Waals surface area contributed by atoms with Crippen molar-refractivity contribution in [3.63, 3.8) is 0 Å². The standard InChI is InChI=1S/C26H47NO5/c1-2-3-4-5-6-7-8-9-10-11-12-13-14-15-16-17-18-19-20-23-31-26(30)32-27-24(28)21-22-25(27)29/h2-23H2,1H3. The van der Waals surface area contributed by atoms with E-state index >= 15 is 0 Å². The van der Waals surface area contributed by atoms with Gasteiger partial charge in [0.25, 0.3) is 11.8 Å². The number of hydrogen-bond acceptors (Lipinski definition) is 5. The Kier molecular flexibility index (Phi) is 17.8. The van der Waals surface area contributed by atoms with E-state index in [9.17, 15) is 14.4 Å². The summed E-state index contributed by atoms with van der Waals surface area (Å²) in [6.07, 6.45) is 24.2. The van der Waals surface area contributed by atoms with Gasteiger partial charge in [-0.1, -0.05) is 128 Å². The molecule has 32 heavy (non-hydrogen) atoms. The van der Waals surface area contributed by atoms with Crippen molar-refractivity contribution in [1.82, 2.24) is 5.06 Å². The molecular weight excluding hydrogens is 406 g/mol. The normalized spacial score (nSPS) is 13.7. The number of hydrogen-bond donors (Lipinski definition) is 0. The van der Waals surface area contributed by atoms with Crippen LogP contribution in [0.5, 0.6) is 0 Å². The number of amides is 2. The molecule has 0 aromatic heterocycles. The van der Waals surface area contributed by atoms with E-state index in [1.165, 1.54) is 103 Å². The maximum atomic E-state index is 11.5. The van der Waals surface area contributed by atoms with E-state index in [1.54, 1.807) is 0 Å². The highest BCUT2D eigenvalue weighted by Gasteiger charge is 2.33. The molecule has 0 spiro atoms. The molecule has 1 aliphatic rings. The molecule has 1 heterocycles. The molecule has 6 nitrogen and oxygen atoms in total. The van der Waals surface area contributed by atoms with Crippen molar-refractivity contribution in [2.75, 3.05) is 6.61 Å². The number of nitrogens with zero attached hydrogens (tertiary/aromatic N) is 1. The lowest BCUT2D eigenvalue weighted by molar-refractivity contribution is -0.177. The van der Waals surface area contributed by atoms with Crippen LogP contribution in [0.25, 0.3) is 0 Å². The maximum absolute atomic E-state index is 11.5. The van der Waals surface area contributed by atoms with Crippen LogP contribution < -0.4 is 0 Å². The molecule has 1 aliphatic heterocycles. The van der Waals surface area contributed by atoms with Gasteiger partial charge in [0.1, 0.15) is 0 Å². The summed E-state index contributed by atoms with van der Waals surface area (Å²) in [6, 6.07) is 0. The second-order valence-electron chi connectivity index (χ2n) is 9.14. The number of imide groups is 1. The third kappa shape index (κ3) is 15.3. The zero-order valence-corrected chi connectivity index (χ0v) is 20.5. The summed E-state index contributed by atoms with van der Waals surface area (Å²) in [5.74, 6) is -0.981. The quantitative estimate of drug-likeness (QED) is 0.101. The summed E-state index contributed by atoms with van der Waals surface area (Å²) in [4.78, 5) is 38.8. The fraction of sp³-hybridized carbons (Fsp3) is 0.885. The molecule has 1 saturated heterocycles. The molecule has 0 aliphatic carbocycles. The van der Waals surface area contributed by atoms with Crippen molar-refractivity contribution in [3.05, 3.63) is 0 Å². The second kappa shape index (κ2) is 20.0. The molecule has 186 valence electrons. The Morgan fingerprint density at radius 2 is 0.969 bits per heavy atom. The number of carbonyl (C=O) groups excluding carboxylic acids is 3. The van der Waals surface area contributed by atoms with Crippen molar-refractivity contribution in [1.29, 1.82) is 0 Å². The fourth-order valence-corrected chi connectivity index (χ4v) is 4.09. The van der Waals surface area contributed by atoms with Gasteiger partial charge < -0.3 is 4.74 Å². The average molecular weight is 454 g/mol. The van der Waals surface area contributed by atoms with Crippen LogP contribution in [0.4, 0.5) is 4.79 Å². The van der Waals surface area contributed by atoms with Gasteiger partial charge in [-0.2, -0.15) is 0 Å². The van der Waals surface area contributed by atoms with E-state index in [1.807, 2.05) is 0 Å². The van der Waals surface area contributed by atoms with Gasteiger partial charge in [0, 0.05) is 12.8 Å². The van der Waals surface area contributed by atoms with Gasteiger partial charge >= 0.3 is 6.16 Å².